The summed E-state index contributed by atoms with van der Waals surface area (Å²) >= 11 is 0. The van der Waals surface area contributed by atoms with Crippen LogP contribution in [0, 0.1) is 6.92 Å². The van der Waals surface area contributed by atoms with Crippen LogP contribution in [0.1, 0.15) is 28.3 Å². The summed E-state index contributed by atoms with van der Waals surface area (Å²) in [6, 6.07) is 16.4. The number of benzene rings is 2. The van der Waals surface area contributed by atoms with E-state index in [0.717, 1.165) is 30.6 Å². The lowest BCUT2D eigenvalue weighted by atomic mass is 9.91. The van der Waals surface area contributed by atoms with Crippen molar-refractivity contribution in [3.05, 3.63) is 70.8 Å². The van der Waals surface area contributed by atoms with E-state index < -0.39 is 10.0 Å². The maximum Gasteiger partial charge on any atom is 0.218 e. The van der Waals surface area contributed by atoms with E-state index in [0.29, 0.717) is 13.1 Å². The minimum absolute atomic E-state index is 0.0913. The summed E-state index contributed by atoms with van der Waals surface area (Å²) in [5, 5.41) is 0. The summed E-state index contributed by atoms with van der Waals surface area (Å²) in [7, 11) is -3.31. The molecule has 2 aromatic rings. The molecule has 2 aromatic carbocycles. The van der Waals surface area contributed by atoms with Gasteiger partial charge in [-0.25, -0.2) is 8.42 Å². The molecule has 1 atom stereocenters. The Balaban J connectivity index is 1.58. The molecule has 0 amide bonds. The zero-order valence-corrected chi connectivity index (χ0v) is 15.4. The standard InChI is InChI=1S/C20H24N2O2S/c1-16-6-2-3-8-18(16)15-25(23,24)22-13-12-21-11-10-17-7-4-5-9-19(17)20(21)14-22/h2-9,20H,10-15H2,1H3. The van der Waals surface area contributed by atoms with Gasteiger partial charge in [0.05, 0.1) is 5.75 Å². The zero-order chi connectivity index (χ0) is 17.4. The van der Waals surface area contributed by atoms with Crippen molar-refractivity contribution in [2.75, 3.05) is 26.2 Å². The van der Waals surface area contributed by atoms with Crippen LogP contribution in [0.2, 0.25) is 0 Å². The quantitative estimate of drug-likeness (QED) is 0.849. The Morgan fingerprint density at radius 3 is 2.60 bits per heavy atom. The van der Waals surface area contributed by atoms with Crippen LogP contribution in [-0.4, -0.2) is 43.8 Å². The number of nitrogens with zero attached hydrogens (tertiary/aromatic N) is 2. The van der Waals surface area contributed by atoms with Gasteiger partial charge in [-0.3, -0.25) is 4.90 Å². The normalized spacial score (nSPS) is 21.6. The number of sulfonamides is 1. The van der Waals surface area contributed by atoms with Gasteiger partial charge >= 0.3 is 0 Å². The average molecular weight is 356 g/mol. The van der Waals surface area contributed by atoms with Crippen LogP contribution in [0.5, 0.6) is 0 Å². The summed E-state index contributed by atoms with van der Waals surface area (Å²) in [6.07, 6.45) is 1.06. The first-order chi connectivity index (χ1) is 12.0. The van der Waals surface area contributed by atoms with Crippen LogP contribution in [0.25, 0.3) is 0 Å². The van der Waals surface area contributed by atoms with Gasteiger partial charge in [0.2, 0.25) is 10.0 Å². The van der Waals surface area contributed by atoms with Gasteiger partial charge in [-0.15, -0.1) is 0 Å². The van der Waals surface area contributed by atoms with E-state index in [-0.39, 0.29) is 11.8 Å². The van der Waals surface area contributed by atoms with Gasteiger partial charge in [0.25, 0.3) is 0 Å². The molecule has 132 valence electrons. The fourth-order valence-corrected chi connectivity index (χ4v) is 5.65. The van der Waals surface area contributed by atoms with Crippen molar-refractivity contribution < 1.29 is 8.42 Å². The van der Waals surface area contributed by atoms with E-state index in [9.17, 15) is 8.42 Å². The molecule has 1 fully saturated rings. The molecule has 5 heteroatoms. The van der Waals surface area contributed by atoms with Crippen molar-refractivity contribution in [1.29, 1.82) is 0 Å². The molecule has 4 nitrogen and oxygen atoms in total. The molecular weight excluding hydrogens is 332 g/mol. The van der Waals surface area contributed by atoms with Crippen molar-refractivity contribution in [2.24, 2.45) is 0 Å². The second kappa shape index (κ2) is 6.56. The summed E-state index contributed by atoms with van der Waals surface area (Å²) in [6.45, 7) is 4.96. The summed E-state index contributed by atoms with van der Waals surface area (Å²) in [5.74, 6) is 0.0913. The Morgan fingerprint density at radius 1 is 1.00 bits per heavy atom. The van der Waals surface area contributed by atoms with Crippen LogP contribution < -0.4 is 0 Å². The van der Waals surface area contributed by atoms with Crippen molar-refractivity contribution in [2.45, 2.75) is 25.1 Å². The molecule has 25 heavy (non-hydrogen) atoms. The molecule has 2 aliphatic rings. The highest BCUT2D eigenvalue weighted by Gasteiger charge is 2.36. The molecule has 0 spiro atoms. The molecule has 0 aliphatic carbocycles. The minimum Gasteiger partial charge on any atom is -0.293 e. The summed E-state index contributed by atoms with van der Waals surface area (Å²) in [5.41, 5.74) is 4.59. The third-order valence-electron chi connectivity index (χ3n) is 5.53. The lowest BCUT2D eigenvalue weighted by Gasteiger charge is -2.44. The molecule has 2 heterocycles. The zero-order valence-electron chi connectivity index (χ0n) is 14.6. The topological polar surface area (TPSA) is 40.6 Å². The molecule has 0 bridgehead atoms. The summed E-state index contributed by atoms with van der Waals surface area (Å²) in [4.78, 5) is 2.43. The highest BCUT2D eigenvalue weighted by atomic mass is 32.2. The van der Waals surface area contributed by atoms with Gasteiger partial charge < -0.3 is 0 Å². The number of hydrogen-bond acceptors (Lipinski definition) is 3. The average Bonchev–Trinajstić information content (AvgIpc) is 2.63. The Bertz CT molecular complexity index is 879. The highest BCUT2D eigenvalue weighted by Crippen LogP contribution is 2.33. The fraction of sp³-hybridized carbons (Fsp3) is 0.400. The molecule has 0 aromatic heterocycles. The van der Waals surface area contributed by atoms with E-state index in [1.807, 2.05) is 31.2 Å². The van der Waals surface area contributed by atoms with Gasteiger partial charge in [0.15, 0.2) is 0 Å². The van der Waals surface area contributed by atoms with E-state index in [1.165, 1.54) is 11.1 Å². The van der Waals surface area contributed by atoms with Gasteiger partial charge in [-0.1, -0.05) is 48.5 Å². The molecule has 0 saturated carbocycles. The number of fused-ring (bicyclic) bond motifs is 3. The van der Waals surface area contributed by atoms with Gasteiger partial charge in [0, 0.05) is 32.2 Å². The monoisotopic (exact) mass is 356 g/mol. The number of piperazine rings is 1. The van der Waals surface area contributed by atoms with E-state index in [4.69, 9.17) is 0 Å². The predicted octanol–water partition coefficient (Wildman–Crippen LogP) is 2.74. The smallest absolute Gasteiger partial charge is 0.218 e. The maximum absolute atomic E-state index is 13.0. The van der Waals surface area contributed by atoms with Crippen LogP contribution in [0.15, 0.2) is 48.5 Å². The molecule has 2 aliphatic heterocycles. The largest absolute Gasteiger partial charge is 0.293 e. The third kappa shape index (κ3) is 3.24. The second-order valence-corrected chi connectivity index (χ2v) is 9.01. The molecule has 0 radical (unpaired) electrons. The molecule has 1 unspecified atom stereocenters. The van der Waals surface area contributed by atoms with Gasteiger partial charge in [0.1, 0.15) is 0 Å². The van der Waals surface area contributed by atoms with Gasteiger partial charge in [-0.05, 0) is 35.6 Å². The molecule has 1 saturated heterocycles. The molecular formula is C20H24N2O2S. The lowest BCUT2D eigenvalue weighted by molar-refractivity contribution is 0.109. The first-order valence-corrected chi connectivity index (χ1v) is 10.5. The van der Waals surface area contributed by atoms with Crippen molar-refractivity contribution in [1.82, 2.24) is 9.21 Å². The maximum atomic E-state index is 13.0. The number of rotatable bonds is 3. The van der Waals surface area contributed by atoms with Crippen molar-refractivity contribution in [3.63, 3.8) is 0 Å². The lowest BCUT2D eigenvalue weighted by Crippen LogP contribution is -2.52. The first kappa shape index (κ1) is 16.8. The Morgan fingerprint density at radius 2 is 1.76 bits per heavy atom. The minimum atomic E-state index is -3.31. The highest BCUT2D eigenvalue weighted by molar-refractivity contribution is 7.88. The number of aryl methyl sites for hydroxylation is 1. The van der Waals surface area contributed by atoms with Gasteiger partial charge in [-0.2, -0.15) is 4.31 Å². The Hall–Kier alpha value is -1.69. The van der Waals surface area contributed by atoms with Crippen molar-refractivity contribution >= 4 is 10.0 Å². The Kier molecular flexibility index (Phi) is 4.40. The third-order valence-corrected chi connectivity index (χ3v) is 7.32. The van der Waals surface area contributed by atoms with Crippen LogP contribution >= 0.6 is 0 Å². The van der Waals surface area contributed by atoms with E-state index in [2.05, 4.69) is 29.2 Å². The summed E-state index contributed by atoms with van der Waals surface area (Å²) < 4.78 is 27.7. The predicted molar refractivity (Wildman–Crippen MR) is 99.8 cm³/mol. The fourth-order valence-electron chi connectivity index (χ4n) is 4.02. The SMILES string of the molecule is Cc1ccccc1CS(=O)(=O)N1CCN2CCc3ccccc3C2C1. The first-order valence-electron chi connectivity index (χ1n) is 8.89. The van der Waals surface area contributed by atoms with E-state index >= 15 is 0 Å². The van der Waals surface area contributed by atoms with Crippen LogP contribution in [0.3, 0.4) is 0 Å². The van der Waals surface area contributed by atoms with Crippen LogP contribution in [0.4, 0.5) is 0 Å². The molecule has 4 rings (SSSR count). The van der Waals surface area contributed by atoms with E-state index in [1.54, 1.807) is 4.31 Å². The second-order valence-electron chi connectivity index (χ2n) is 7.04. The number of hydrogen-bond donors (Lipinski definition) is 0. The molecule has 0 N–H and O–H groups in total. The van der Waals surface area contributed by atoms with Crippen LogP contribution in [-0.2, 0) is 22.2 Å². The van der Waals surface area contributed by atoms with Crippen molar-refractivity contribution in [3.8, 4) is 0 Å². The Labute approximate surface area is 150 Å².